The number of carbonyl (C=O) groups excluding carboxylic acids is 1. The molecular formula is C17H21ClN5O+. The Morgan fingerprint density at radius 1 is 1.29 bits per heavy atom. The van der Waals surface area contributed by atoms with Crippen LogP contribution in [0.3, 0.4) is 0 Å². The van der Waals surface area contributed by atoms with E-state index in [0.717, 1.165) is 43.4 Å². The second-order valence-electron chi connectivity index (χ2n) is 5.97. The van der Waals surface area contributed by atoms with Crippen molar-refractivity contribution in [1.82, 2.24) is 9.97 Å². The van der Waals surface area contributed by atoms with Gasteiger partial charge < -0.3 is 15.1 Å². The van der Waals surface area contributed by atoms with Gasteiger partial charge in [-0.05, 0) is 30.7 Å². The topological polar surface area (TPSA) is 62.6 Å². The maximum absolute atomic E-state index is 12.3. The smallest absolute Gasteiger partial charge is 0.279 e. The van der Waals surface area contributed by atoms with Gasteiger partial charge in [-0.1, -0.05) is 17.7 Å². The fourth-order valence-corrected chi connectivity index (χ4v) is 2.98. The van der Waals surface area contributed by atoms with E-state index in [2.05, 4.69) is 20.2 Å². The van der Waals surface area contributed by atoms with Crippen molar-refractivity contribution in [2.24, 2.45) is 0 Å². The first-order valence-corrected chi connectivity index (χ1v) is 8.41. The van der Waals surface area contributed by atoms with Crippen LogP contribution in [0.25, 0.3) is 0 Å². The summed E-state index contributed by atoms with van der Waals surface area (Å²) in [5, 5.41) is 3.58. The average molecular weight is 347 g/mol. The lowest BCUT2D eigenvalue weighted by atomic mass is 10.2. The lowest BCUT2D eigenvalue weighted by molar-refractivity contribution is -0.892. The molecule has 126 valence electrons. The minimum Gasteiger partial charge on any atom is -0.330 e. The summed E-state index contributed by atoms with van der Waals surface area (Å²) in [6.07, 6.45) is 3.50. The van der Waals surface area contributed by atoms with Gasteiger partial charge in [0.05, 0.1) is 26.2 Å². The highest BCUT2D eigenvalue weighted by atomic mass is 35.5. The Balaban J connectivity index is 1.51. The summed E-state index contributed by atoms with van der Waals surface area (Å²) in [6, 6.07) is 7.33. The SMILES string of the molecule is Cc1ccc(Cl)cc1NC(=O)C[NH+]1CCN(c2ncccn2)CC1. The van der Waals surface area contributed by atoms with Crippen molar-refractivity contribution in [2.75, 3.05) is 42.9 Å². The quantitative estimate of drug-likeness (QED) is 0.859. The predicted molar refractivity (Wildman–Crippen MR) is 94.6 cm³/mol. The number of amides is 1. The molecule has 0 atom stereocenters. The first kappa shape index (κ1) is 16.7. The maximum Gasteiger partial charge on any atom is 0.279 e. The number of halogens is 1. The van der Waals surface area contributed by atoms with Gasteiger partial charge in [-0.25, -0.2) is 9.97 Å². The van der Waals surface area contributed by atoms with Crippen molar-refractivity contribution in [1.29, 1.82) is 0 Å². The molecular weight excluding hydrogens is 326 g/mol. The molecule has 6 nitrogen and oxygen atoms in total. The second-order valence-corrected chi connectivity index (χ2v) is 6.41. The molecule has 2 heterocycles. The highest BCUT2D eigenvalue weighted by Gasteiger charge is 2.23. The summed E-state index contributed by atoms with van der Waals surface area (Å²) < 4.78 is 0. The predicted octanol–water partition coefficient (Wildman–Crippen LogP) is 0.782. The minimum atomic E-state index is 0.0137. The van der Waals surface area contributed by atoms with Crippen molar-refractivity contribution in [3.8, 4) is 0 Å². The molecule has 1 aliphatic rings. The summed E-state index contributed by atoms with van der Waals surface area (Å²) in [5.41, 5.74) is 1.79. The number of benzene rings is 1. The Morgan fingerprint density at radius 2 is 2.00 bits per heavy atom. The van der Waals surface area contributed by atoms with Crippen LogP contribution in [0.2, 0.25) is 5.02 Å². The first-order chi connectivity index (χ1) is 11.6. The summed E-state index contributed by atoms with van der Waals surface area (Å²) >= 11 is 5.99. The van der Waals surface area contributed by atoms with Crippen molar-refractivity contribution in [2.45, 2.75) is 6.92 Å². The molecule has 0 radical (unpaired) electrons. The highest BCUT2D eigenvalue weighted by Crippen LogP contribution is 2.19. The van der Waals surface area contributed by atoms with E-state index in [0.29, 0.717) is 11.6 Å². The van der Waals surface area contributed by atoms with Crippen LogP contribution in [0.4, 0.5) is 11.6 Å². The Morgan fingerprint density at radius 3 is 2.71 bits per heavy atom. The van der Waals surface area contributed by atoms with Gasteiger partial charge in [0.1, 0.15) is 0 Å². The molecule has 1 aliphatic heterocycles. The normalized spacial score (nSPS) is 15.3. The van der Waals surface area contributed by atoms with Crippen LogP contribution in [0.5, 0.6) is 0 Å². The Hall–Kier alpha value is -2.18. The number of hydrogen-bond donors (Lipinski definition) is 2. The molecule has 2 N–H and O–H groups in total. The van der Waals surface area contributed by atoms with Gasteiger partial charge >= 0.3 is 0 Å². The minimum absolute atomic E-state index is 0.0137. The number of anilines is 2. The summed E-state index contributed by atoms with van der Waals surface area (Å²) in [7, 11) is 0. The fourth-order valence-electron chi connectivity index (χ4n) is 2.80. The van der Waals surface area contributed by atoms with E-state index in [1.807, 2.05) is 25.1 Å². The number of quaternary nitrogens is 1. The zero-order chi connectivity index (χ0) is 16.9. The second kappa shape index (κ2) is 7.59. The van der Waals surface area contributed by atoms with Crippen molar-refractivity contribution >= 4 is 29.1 Å². The molecule has 0 aliphatic carbocycles. The Labute approximate surface area is 146 Å². The molecule has 1 amide bonds. The monoisotopic (exact) mass is 346 g/mol. The van der Waals surface area contributed by atoms with Crippen molar-refractivity contribution in [3.63, 3.8) is 0 Å². The van der Waals surface area contributed by atoms with E-state index in [1.165, 1.54) is 4.90 Å². The summed E-state index contributed by atoms with van der Waals surface area (Å²) in [5.74, 6) is 0.773. The molecule has 24 heavy (non-hydrogen) atoms. The number of aromatic nitrogens is 2. The summed E-state index contributed by atoms with van der Waals surface area (Å²) in [6.45, 7) is 5.89. The summed E-state index contributed by atoms with van der Waals surface area (Å²) in [4.78, 5) is 24.3. The third-order valence-electron chi connectivity index (χ3n) is 4.19. The standard InChI is InChI=1S/C17H20ClN5O/c1-13-3-4-14(18)11-15(13)21-16(24)12-22-7-9-23(10-8-22)17-19-5-2-6-20-17/h2-6,11H,7-10,12H2,1H3,(H,21,24)/p+1. The van der Waals surface area contributed by atoms with E-state index in [9.17, 15) is 4.79 Å². The van der Waals surface area contributed by atoms with Crippen LogP contribution >= 0.6 is 11.6 Å². The zero-order valence-corrected chi connectivity index (χ0v) is 14.4. The molecule has 0 bridgehead atoms. The van der Waals surface area contributed by atoms with Crippen LogP contribution in [0.15, 0.2) is 36.7 Å². The van der Waals surface area contributed by atoms with Crippen LogP contribution in [0, 0.1) is 6.92 Å². The Bertz CT molecular complexity index is 701. The number of nitrogens with zero attached hydrogens (tertiary/aromatic N) is 3. The van der Waals surface area contributed by atoms with Crippen LogP contribution in [0.1, 0.15) is 5.56 Å². The third-order valence-corrected chi connectivity index (χ3v) is 4.42. The van der Waals surface area contributed by atoms with Gasteiger partial charge in [0.2, 0.25) is 5.95 Å². The number of hydrogen-bond acceptors (Lipinski definition) is 4. The molecule has 1 fully saturated rings. The zero-order valence-electron chi connectivity index (χ0n) is 13.6. The lowest BCUT2D eigenvalue weighted by Crippen LogP contribution is -3.15. The van der Waals surface area contributed by atoms with Crippen LogP contribution in [-0.4, -0.2) is 48.6 Å². The number of aryl methyl sites for hydroxylation is 1. The molecule has 0 spiro atoms. The number of piperazine rings is 1. The van der Waals surface area contributed by atoms with Crippen molar-refractivity contribution in [3.05, 3.63) is 47.2 Å². The van der Waals surface area contributed by atoms with Gasteiger partial charge in [0.25, 0.3) is 5.91 Å². The molecule has 1 aromatic heterocycles. The molecule has 1 saturated heterocycles. The molecule has 0 unspecified atom stereocenters. The van der Waals surface area contributed by atoms with E-state index < -0.39 is 0 Å². The maximum atomic E-state index is 12.3. The number of rotatable bonds is 4. The molecule has 0 saturated carbocycles. The number of nitrogens with one attached hydrogen (secondary N) is 2. The average Bonchev–Trinajstić information content (AvgIpc) is 2.59. The Kier molecular flexibility index (Phi) is 5.27. The van der Waals surface area contributed by atoms with E-state index in [4.69, 9.17) is 11.6 Å². The largest absolute Gasteiger partial charge is 0.330 e. The van der Waals surface area contributed by atoms with E-state index in [1.54, 1.807) is 18.5 Å². The van der Waals surface area contributed by atoms with E-state index in [-0.39, 0.29) is 5.91 Å². The van der Waals surface area contributed by atoms with Crippen LogP contribution < -0.4 is 15.1 Å². The molecule has 3 rings (SSSR count). The number of carbonyl (C=O) groups is 1. The van der Waals surface area contributed by atoms with Gasteiger partial charge in [0, 0.05) is 23.1 Å². The van der Waals surface area contributed by atoms with Gasteiger partial charge in [-0.15, -0.1) is 0 Å². The van der Waals surface area contributed by atoms with Gasteiger partial charge in [0.15, 0.2) is 6.54 Å². The third kappa shape index (κ3) is 4.21. The lowest BCUT2D eigenvalue weighted by Gasteiger charge is -2.31. The van der Waals surface area contributed by atoms with Gasteiger partial charge in [-0.3, -0.25) is 4.79 Å². The van der Waals surface area contributed by atoms with Crippen molar-refractivity contribution < 1.29 is 9.69 Å². The molecule has 7 heteroatoms. The fraction of sp³-hybridized carbons (Fsp3) is 0.353. The highest BCUT2D eigenvalue weighted by molar-refractivity contribution is 6.31. The molecule has 1 aromatic carbocycles. The van der Waals surface area contributed by atoms with Gasteiger partial charge in [-0.2, -0.15) is 0 Å². The van der Waals surface area contributed by atoms with Crippen LogP contribution in [-0.2, 0) is 4.79 Å². The first-order valence-electron chi connectivity index (χ1n) is 8.03. The molecule has 2 aromatic rings. The van der Waals surface area contributed by atoms with E-state index >= 15 is 0 Å².